The zero-order chi connectivity index (χ0) is 10.4. The van der Waals surface area contributed by atoms with Crippen molar-refractivity contribution in [3.8, 4) is 0 Å². The van der Waals surface area contributed by atoms with E-state index >= 15 is 0 Å². The molecule has 0 fully saturated rings. The molecule has 1 atom stereocenters. The molecule has 1 rings (SSSR count). The van der Waals surface area contributed by atoms with Gasteiger partial charge < -0.3 is 0 Å². The number of unbranched alkanes of at least 4 members (excludes halogenated alkanes) is 1. The van der Waals surface area contributed by atoms with Crippen molar-refractivity contribution in [2.24, 2.45) is 0 Å². The average Bonchev–Trinajstić information content (AvgIpc) is 2.19. The summed E-state index contributed by atoms with van der Waals surface area (Å²) in [5.41, 5.74) is 0. The van der Waals surface area contributed by atoms with Crippen LogP contribution in [0.2, 0.25) is 12.6 Å². The van der Waals surface area contributed by atoms with E-state index in [0.29, 0.717) is 0 Å². The van der Waals surface area contributed by atoms with Crippen LogP contribution in [0.3, 0.4) is 0 Å². The molecule has 0 aliphatic carbocycles. The summed E-state index contributed by atoms with van der Waals surface area (Å²) < 4.78 is 0. The van der Waals surface area contributed by atoms with E-state index in [-0.39, 0.29) is 0 Å². The second-order valence-electron chi connectivity index (χ2n) is 3.74. The summed E-state index contributed by atoms with van der Waals surface area (Å²) in [5.74, 6) is 0. The minimum atomic E-state index is -1.69. The second-order valence-corrected chi connectivity index (χ2v) is 9.72. The molecule has 1 unspecified atom stereocenters. The van der Waals surface area contributed by atoms with E-state index < -0.39 is 7.38 Å². The molecule has 1 aromatic carbocycles. The highest BCUT2D eigenvalue weighted by Gasteiger charge is 2.25. The number of allylic oxidation sites excluding steroid dienone is 1. The quantitative estimate of drug-likeness (QED) is 0.310. The molecule has 1 aromatic rings. The first-order chi connectivity index (χ1) is 6.67. The van der Waals surface area contributed by atoms with Gasteiger partial charge in [0.25, 0.3) is 0 Å². The molecule has 0 amide bonds. The Balaban J connectivity index is 2.61. The van der Waals surface area contributed by atoms with Crippen molar-refractivity contribution in [3.05, 3.63) is 43.0 Å². The molecule has 0 aliphatic rings. The number of hydrogen-bond acceptors (Lipinski definition) is 0. The average molecular weight is 225 g/mol. The highest BCUT2D eigenvalue weighted by molar-refractivity contribution is 7.26. The van der Waals surface area contributed by atoms with Gasteiger partial charge in [0.2, 0.25) is 0 Å². The topological polar surface area (TPSA) is 0 Å². The minimum absolute atomic E-state index is 1.07. The van der Waals surface area contributed by atoms with Crippen LogP contribution < -0.4 is 5.19 Å². The first kappa shape index (κ1) is 11.5. The van der Waals surface area contributed by atoms with Gasteiger partial charge in [0.15, 0.2) is 7.38 Å². The molecule has 0 bridgehead atoms. The van der Waals surface area contributed by atoms with Gasteiger partial charge in [0.05, 0.1) is 0 Å². The third-order valence-corrected chi connectivity index (χ3v) is 6.48. The zero-order valence-electron chi connectivity index (χ0n) is 8.67. The van der Waals surface area contributed by atoms with E-state index in [0.717, 1.165) is 18.9 Å². The third kappa shape index (κ3) is 3.32. The Morgan fingerprint density at radius 2 is 2.00 bits per heavy atom. The molecule has 0 N–H and O–H groups in total. The predicted molar refractivity (Wildman–Crippen MR) is 67.8 cm³/mol. The van der Waals surface area contributed by atoms with Crippen molar-refractivity contribution in [2.75, 3.05) is 0 Å². The highest BCUT2D eigenvalue weighted by atomic mass is 35.6. The van der Waals surface area contributed by atoms with E-state index in [4.69, 9.17) is 11.1 Å². The first-order valence-electron chi connectivity index (χ1n) is 5.02. The van der Waals surface area contributed by atoms with E-state index in [2.05, 4.69) is 37.4 Å². The molecule has 76 valence electrons. The molecule has 0 nitrogen and oxygen atoms in total. The molecule has 0 saturated carbocycles. The standard InChI is InChI=1S/C12H17ClSi/c1-3-4-8-11-14(2,13)12-9-6-5-7-10-12/h3,5-7,9-10H,1,4,8,11H2,2H3. The lowest BCUT2D eigenvalue weighted by Crippen LogP contribution is -2.38. The van der Waals surface area contributed by atoms with Crippen molar-refractivity contribution in [3.63, 3.8) is 0 Å². The monoisotopic (exact) mass is 224 g/mol. The fourth-order valence-electron chi connectivity index (χ4n) is 1.51. The smallest absolute Gasteiger partial charge is 0.161 e. The highest BCUT2D eigenvalue weighted by Crippen LogP contribution is 2.18. The molecule has 0 saturated heterocycles. The molecule has 0 radical (unpaired) electrons. The molecular weight excluding hydrogens is 208 g/mol. The molecular formula is C12H17ClSi. The Bertz CT molecular complexity index is 280. The molecule has 0 aromatic heterocycles. The van der Waals surface area contributed by atoms with Crippen molar-refractivity contribution >= 4 is 23.6 Å². The maximum absolute atomic E-state index is 6.60. The molecule has 2 heteroatoms. The normalized spacial score (nSPS) is 14.7. The number of benzene rings is 1. The fourth-order valence-corrected chi connectivity index (χ4v) is 4.33. The van der Waals surface area contributed by atoms with Gasteiger partial charge in [0.1, 0.15) is 0 Å². The molecule has 14 heavy (non-hydrogen) atoms. The SMILES string of the molecule is C=CCCC[Si](C)(Cl)c1ccccc1. The molecule has 0 aliphatic heterocycles. The van der Waals surface area contributed by atoms with Gasteiger partial charge in [-0.05, 0) is 17.7 Å². The summed E-state index contributed by atoms with van der Waals surface area (Å²) in [6, 6.07) is 11.6. The van der Waals surface area contributed by atoms with Gasteiger partial charge in [0, 0.05) is 0 Å². The lowest BCUT2D eigenvalue weighted by atomic mass is 10.3. The van der Waals surface area contributed by atoms with E-state index in [1.54, 1.807) is 0 Å². The van der Waals surface area contributed by atoms with Crippen LogP contribution in [-0.4, -0.2) is 7.38 Å². The number of halogens is 1. The van der Waals surface area contributed by atoms with Crippen LogP contribution in [0.15, 0.2) is 43.0 Å². The lowest BCUT2D eigenvalue weighted by Gasteiger charge is -2.19. The Kier molecular flexibility index (Phi) is 4.43. The Morgan fingerprint density at radius 1 is 1.36 bits per heavy atom. The zero-order valence-corrected chi connectivity index (χ0v) is 10.4. The summed E-state index contributed by atoms with van der Waals surface area (Å²) in [5, 5.41) is 1.34. The Morgan fingerprint density at radius 3 is 2.57 bits per heavy atom. The van der Waals surface area contributed by atoms with E-state index in [1.807, 2.05) is 12.1 Å². The first-order valence-corrected chi connectivity index (χ1v) is 8.74. The lowest BCUT2D eigenvalue weighted by molar-refractivity contribution is 0.945. The van der Waals surface area contributed by atoms with Crippen molar-refractivity contribution in [2.45, 2.75) is 25.4 Å². The van der Waals surface area contributed by atoms with Gasteiger partial charge in [-0.25, -0.2) is 0 Å². The summed E-state index contributed by atoms with van der Waals surface area (Å²) in [7, 11) is -1.69. The largest absolute Gasteiger partial charge is 0.183 e. The summed E-state index contributed by atoms with van der Waals surface area (Å²) >= 11 is 6.60. The fraction of sp³-hybridized carbons (Fsp3) is 0.333. The maximum atomic E-state index is 6.60. The van der Waals surface area contributed by atoms with Crippen LogP contribution in [0.25, 0.3) is 0 Å². The van der Waals surface area contributed by atoms with Crippen molar-refractivity contribution in [1.29, 1.82) is 0 Å². The van der Waals surface area contributed by atoms with E-state index in [1.165, 1.54) is 5.19 Å². The summed E-state index contributed by atoms with van der Waals surface area (Å²) in [4.78, 5) is 0. The van der Waals surface area contributed by atoms with Gasteiger partial charge >= 0.3 is 0 Å². The van der Waals surface area contributed by atoms with Crippen molar-refractivity contribution in [1.82, 2.24) is 0 Å². The van der Waals surface area contributed by atoms with Crippen molar-refractivity contribution < 1.29 is 0 Å². The summed E-state index contributed by atoms with van der Waals surface area (Å²) in [6.07, 6.45) is 4.19. The van der Waals surface area contributed by atoms with Gasteiger partial charge in [-0.3, -0.25) is 0 Å². The van der Waals surface area contributed by atoms with Crippen LogP contribution in [0, 0.1) is 0 Å². The van der Waals surface area contributed by atoms with Crippen LogP contribution in [0.5, 0.6) is 0 Å². The predicted octanol–water partition coefficient (Wildman–Crippen LogP) is 3.67. The van der Waals surface area contributed by atoms with Crippen LogP contribution >= 0.6 is 11.1 Å². The Hall–Kier alpha value is -0.533. The minimum Gasteiger partial charge on any atom is -0.161 e. The Labute approximate surface area is 92.3 Å². The van der Waals surface area contributed by atoms with Gasteiger partial charge in [-0.1, -0.05) is 49.4 Å². The van der Waals surface area contributed by atoms with Gasteiger partial charge in [-0.15, -0.1) is 6.58 Å². The number of hydrogen-bond donors (Lipinski definition) is 0. The van der Waals surface area contributed by atoms with Gasteiger partial charge in [-0.2, -0.15) is 11.1 Å². The van der Waals surface area contributed by atoms with Crippen LogP contribution in [0.1, 0.15) is 12.8 Å². The van der Waals surface area contributed by atoms with Crippen LogP contribution in [-0.2, 0) is 0 Å². The maximum Gasteiger partial charge on any atom is 0.183 e. The second kappa shape index (κ2) is 5.37. The van der Waals surface area contributed by atoms with E-state index in [9.17, 15) is 0 Å². The molecule has 0 spiro atoms. The molecule has 0 heterocycles. The summed E-state index contributed by atoms with van der Waals surface area (Å²) in [6.45, 7) is 5.94. The third-order valence-electron chi connectivity index (χ3n) is 2.43. The van der Waals surface area contributed by atoms with Crippen LogP contribution in [0.4, 0.5) is 0 Å². The number of rotatable bonds is 5.